The van der Waals surface area contributed by atoms with Crippen molar-refractivity contribution in [1.82, 2.24) is 9.88 Å². The Kier molecular flexibility index (Phi) is 5.02. The Morgan fingerprint density at radius 3 is 2.72 bits per heavy atom. The average molecular weight is 267 g/mol. The highest BCUT2D eigenvalue weighted by molar-refractivity contribution is 6.30. The van der Waals surface area contributed by atoms with Crippen LogP contribution in [0.25, 0.3) is 0 Å². The first-order valence-electron chi connectivity index (χ1n) is 6.99. The molecule has 0 saturated heterocycles. The summed E-state index contributed by atoms with van der Waals surface area (Å²) in [6, 6.07) is 4.57. The van der Waals surface area contributed by atoms with Gasteiger partial charge in [-0.15, -0.1) is 0 Å². The smallest absolute Gasteiger partial charge is 0.0558 e. The van der Waals surface area contributed by atoms with Crippen LogP contribution in [0.2, 0.25) is 5.02 Å². The van der Waals surface area contributed by atoms with Gasteiger partial charge in [-0.1, -0.05) is 38.3 Å². The molecule has 2 rings (SSSR count). The lowest BCUT2D eigenvalue weighted by molar-refractivity contribution is 0.166. The fourth-order valence-corrected chi connectivity index (χ4v) is 3.01. The molecular formula is C15H23ClN2. The van der Waals surface area contributed by atoms with Gasteiger partial charge in [0.2, 0.25) is 0 Å². The highest BCUT2D eigenvalue weighted by Crippen LogP contribution is 2.25. The summed E-state index contributed by atoms with van der Waals surface area (Å²) >= 11 is 6.04. The highest BCUT2D eigenvalue weighted by atomic mass is 35.5. The highest BCUT2D eigenvalue weighted by Gasteiger charge is 2.23. The average Bonchev–Trinajstić information content (AvgIpc) is 2.80. The minimum absolute atomic E-state index is 0.699. The lowest BCUT2D eigenvalue weighted by Crippen LogP contribution is -2.35. The summed E-state index contributed by atoms with van der Waals surface area (Å²) in [5, 5.41) is 0.788. The molecule has 1 heterocycles. The van der Waals surface area contributed by atoms with Crippen LogP contribution in [0.4, 0.5) is 0 Å². The first kappa shape index (κ1) is 13.8. The molecule has 0 atom stereocenters. The van der Waals surface area contributed by atoms with E-state index in [4.69, 9.17) is 11.6 Å². The monoisotopic (exact) mass is 266 g/mol. The Balaban J connectivity index is 2.04. The van der Waals surface area contributed by atoms with Crippen molar-refractivity contribution < 1.29 is 0 Å². The summed E-state index contributed by atoms with van der Waals surface area (Å²) in [5.41, 5.74) is 1.09. The molecule has 1 saturated carbocycles. The Bertz CT molecular complexity index is 373. The number of rotatable bonds is 5. The Hall–Kier alpha value is -0.600. The Labute approximate surface area is 115 Å². The fourth-order valence-electron chi connectivity index (χ4n) is 2.82. The normalized spacial score (nSPS) is 16.9. The number of aromatic nitrogens is 1. The molecule has 3 heteroatoms. The van der Waals surface area contributed by atoms with Crippen LogP contribution >= 0.6 is 11.6 Å². The van der Waals surface area contributed by atoms with Gasteiger partial charge < -0.3 is 0 Å². The van der Waals surface area contributed by atoms with Crippen LogP contribution in [0.3, 0.4) is 0 Å². The largest absolute Gasteiger partial charge is 0.294 e. The summed E-state index contributed by atoms with van der Waals surface area (Å²) in [7, 11) is 0. The molecule has 1 fully saturated rings. The molecular weight excluding hydrogens is 244 g/mol. The predicted octanol–water partition coefficient (Wildman–Crippen LogP) is 4.14. The van der Waals surface area contributed by atoms with E-state index >= 15 is 0 Å². The maximum absolute atomic E-state index is 6.04. The van der Waals surface area contributed by atoms with E-state index in [-0.39, 0.29) is 0 Å². The zero-order valence-corrected chi connectivity index (χ0v) is 12.2. The van der Waals surface area contributed by atoms with Gasteiger partial charge in [0.1, 0.15) is 0 Å². The van der Waals surface area contributed by atoms with E-state index in [2.05, 4.69) is 23.7 Å². The van der Waals surface area contributed by atoms with Crippen molar-refractivity contribution in [2.75, 3.05) is 6.54 Å². The molecule has 18 heavy (non-hydrogen) atoms. The number of halogens is 1. The third kappa shape index (κ3) is 3.96. The Morgan fingerprint density at radius 1 is 1.39 bits per heavy atom. The molecule has 1 aromatic rings. The van der Waals surface area contributed by atoms with Crippen molar-refractivity contribution in [3.05, 3.63) is 29.0 Å². The number of hydrogen-bond acceptors (Lipinski definition) is 2. The molecule has 100 valence electrons. The molecule has 2 nitrogen and oxygen atoms in total. The molecule has 0 aromatic carbocycles. The number of nitrogens with zero attached hydrogens (tertiary/aromatic N) is 2. The van der Waals surface area contributed by atoms with Crippen LogP contribution in [0.5, 0.6) is 0 Å². The SMILES string of the molecule is CC(C)CN(Cc1cc(Cl)ccn1)C1CCCC1. The van der Waals surface area contributed by atoms with Crippen molar-refractivity contribution in [2.45, 2.75) is 52.1 Å². The van der Waals surface area contributed by atoms with Crippen LogP contribution in [-0.2, 0) is 6.54 Å². The van der Waals surface area contributed by atoms with Crippen molar-refractivity contribution in [3.63, 3.8) is 0 Å². The van der Waals surface area contributed by atoms with Gasteiger partial charge in [0, 0.05) is 30.4 Å². The summed E-state index contributed by atoms with van der Waals surface area (Å²) in [5.74, 6) is 0.699. The van der Waals surface area contributed by atoms with Gasteiger partial charge >= 0.3 is 0 Å². The minimum Gasteiger partial charge on any atom is -0.294 e. The van der Waals surface area contributed by atoms with Crippen LogP contribution < -0.4 is 0 Å². The van der Waals surface area contributed by atoms with Crippen molar-refractivity contribution >= 4 is 11.6 Å². The molecule has 0 amide bonds. The molecule has 0 radical (unpaired) electrons. The molecule has 0 bridgehead atoms. The van der Waals surface area contributed by atoms with E-state index in [1.54, 1.807) is 6.20 Å². The molecule has 0 aliphatic heterocycles. The van der Waals surface area contributed by atoms with Crippen molar-refractivity contribution in [2.24, 2.45) is 5.92 Å². The second kappa shape index (κ2) is 6.53. The summed E-state index contributed by atoms with van der Waals surface area (Å²) in [4.78, 5) is 7.03. The van der Waals surface area contributed by atoms with E-state index in [1.165, 1.54) is 25.7 Å². The minimum atomic E-state index is 0.699. The fraction of sp³-hybridized carbons (Fsp3) is 0.667. The van der Waals surface area contributed by atoms with E-state index < -0.39 is 0 Å². The lowest BCUT2D eigenvalue weighted by Gasteiger charge is -2.30. The van der Waals surface area contributed by atoms with Crippen LogP contribution in [0.15, 0.2) is 18.3 Å². The van der Waals surface area contributed by atoms with Crippen LogP contribution in [0, 0.1) is 5.92 Å². The molecule has 1 aromatic heterocycles. The molecule has 0 unspecified atom stereocenters. The zero-order chi connectivity index (χ0) is 13.0. The van der Waals surface area contributed by atoms with Crippen LogP contribution in [-0.4, -0.2) is 22.5 Å². The predicted molar refractivity (Wildman–Crippen MR) is 76.8 cm³/mol. The standard InChI is InChI=1S/C15H23ClN2/c1-12(2)10-18(15-5-3-4-6-15)11-14-9-13(16)7-8-17-14/h7-9,12,15H,3-6,10-11H2,1-2H3. The van der Waals surface area contributed by atoms with E-state index in [1.807, 2.05) is 12.1 Å². The lowest BCUT2D eigenvalue weighted by atomic mass is 10.1. The molecule has 1 aliphatic carbocycles. The topological polar surface area (TPSA) is 16.1 Å². The molecule has 0 spiro atoms. The van der Waals surface area contributed by atoms with Gasteiger partial charge in [0.15, 0.2) is 0 Å². The van der Waals surface area contributed by atoms with Gasteiger partial charge in [0.05, 0.1) is 5.69 Å². The zero-order valence-electron chi connectivity index (χ0n) is 11.4. The van der Waals surface area contributed by atoms with Crippen LogP contribution in [0.1, 0.15) is 45.2 Å². The summed E-state index contributed by atoms with van der Waals surface area (Å²) in [6.07, 6.45) is 7.24. The van der Waals surface area contributed by atoms with E-state index in [0.717, 1.165) is 29.8 Å². The van der Waals surface area contributed by atoms with E-state index in [9.17, 15) is 0 Å². The quantitative estimate of drug-likeness (QED) is 0.796. The van der Waals surface area contributed by atoms with Gasteiger partial charge in [-0.2, -0.15) is 0 Å². The number of hydrogen-bond donors (Lipinski definition) is 0. The van der Waals surface area contributed by atoms with Gasteiger partial charge in [-0.25, -0.2) is 0 Å². The second-order valence-corrected chi connectivity index (χ2v) is 6.16. The Morgan fingerprint density at radius 2 is 2.11 bits per heavy atom. The molecule has 0 N–H and O–H groups in total. The van der Waals surface area contributed by atoms with Gasteiger partial charge in [-0.3, -0.25) is 9.88 Å². The third-order valence-electron chi connectivity index (χ3n) is 3.58. The first-order valence-corrected chi connectivity index (χ1v) is 7.37. The van der Waals surface area contributed by atoms with E-state index in [0.29, 0.717) is 5.92 Å². The number of pyridine rings is 1. The molecule has 1 aliphatic rings. The summed E-state index contributed by atoms with van der Waals surface area (Å²) in [6.45, 7) is 6.66. The van der Waals surface area contributed by atoms with Crippen molar-refractivity contribution in [3.8, 4) is 0 Å². The van der Waals surface area contributed by atoms with Crippen molar-refractivity contribution in [1.29, 1.82) is 0 Å². The second-order valence-electron chi connectivity index (χ2n) is 5.73. The third-order valence-corrected chi connectivity index (χ3v) is 3.82. The van der Waals surface area contributed by atoms with Gasteiger partial charge in [-0.05, 0) is 30.9 Å². The summed E-state index contributed by atoms with van der Waals surface area (Å²) < 4.78 is 0. The maximum Gasteiger partial charge on any atom is 0.0558 e. The first-order chi connectivity index (χ1) is 8.65. The van der Waals surface area contributed by atoms with Gasteiger partial charge in [0.25, 0.3) is 0 Å². The maximum atomic E-state index is 6.04.